The third-order valence-electron chi connectivity index (χ3n) is 4.57. The van der Waals surface area contributed by atoms with Crippen molar-refractivity contribution in [1.82, 2.24) is 4.90 Å². The molecule has 0 aromatic heterocycles. The molecule has 2 aromatic carbocycles. The summed E-state index contributed by atoms with van der Waals surface area (Å²) in [6.07, 6.45) is 3.55. The Hall–Kier alpha value is -1.80. The van der Waals surface area contributed by atoms with Crippen molar-refractivity contribution < 1.29 is 4.74 Å². The maximum absolute atomic E-state index is 5.36. The van der Waals surface area contributed by atoms with E-state index in [2.05, 4.69) is 55.4 Å². The molecule has 0 spiro atoms. The summed E-state index contributed by atoms with van der Waals surface area (Å²) in [5.41, 5.74) is 5.64. The molecule has 1 aliphatic rings. The Balaban J connectivity index is 2.00. The average Bonchev–Trinajstić information content (AvgIpc) is 2.53. The monoisotopic (exact) mass is 281 g/mol. The summed E-state index contributed by atoms with van der Waals surface area (Å²) < 4.78 is 5.36. The summed E-state index contributed by atoms with van der Waals surface area (Å²) in [5, 5.41) is 0. The number of nitrogens with zero attached hydrogens (tertiary/aromatic N) is 1. The van der Waals surface area contributed by atoms with Crippen molar-refractivity contribution in [3.05, 3.63) is 53.6 Å². The lowest BCUT2D eigenvalue weighted by Gasteiger charge is -2.31. The molecule has 0 bridgehead atoms. The highest BCUT2D eigenvalue weighted by Gasteiger charge is 2.22. The van der Waals surface area contributed by atoms with Crippen molar-refractivity contribution in [3.8, 4) is 16.9 Å². The lowest BCUT2D eigenvalue weighted by Crippen LogP contribution is -2.33. The van der Waals surface area contributed by atoms with E-state index in [4.69, 9.17) is 4.74 Å². The second-order valence-corrected chi connectivity index (χ2v) is 6.04. The van der Waals surface area contributed by atoms with E-state index < -0.39 is 0 Å². The zero-order valence-electron chi connectivity index (χ0n) is 13.1. The van der Waals surface area contributed by atoms with Gasteiger partial charge in [0, 0.05) is 6.04 Å². The normalized spacial score (nSPS) is 17.6. The van der Waals surface area contributed by atoms with Gasteiger partial charge in [-0.3, -0.25) is 0 Å². The SMILES string of the molecule is COc1cccc(-c2cccc3c2CCC(N(C)C)C3)c1. The minimum atomic E-state index is 0.665. The van der Waals surface area contributed by atoms with Gasteiger partial charge in [0.15, 0.2) is 0 Å². The molecule has 1 atom stereocenters. The number of hydrogen-bond donors (Lipinski definition) is 0. The molecule has 21 heavy (non-hydrogen) atoms. The summed E-state index contributed by atoms with van der Waals surface area (Å²) >= 11 is 0. The maximum Gasteiger partial charge on any atom is 0.119 e. The number of ether oxygens (including phenoxy) is 1. The summed E-state index contributed by atoms with van der Waals surface area (Å²) in [6, 6.07) is 15.8. The molecule has 0 saturated carbocycles. The Bertz CT molecular complexity index is 633. The molecule has 110 valence electrons. The number of likely N-dealkylation sites (N-methyl/N-ethyl adjacent to an activating group) is 1. The van der Waals surface area contributed by atoms with Gasteiger partial charge in [0.2, 0.25) is 0 Å². The molecule has 1 unspecified atom stereocenters. The lowest BCUT2D eigenvalue weighted by molar-refractivity contribution is 0.268. The molecule has 0 amide bonds. The molecular formula is C19H23NO. The van der Waals surface area contributed by atoms with Crippen molar-refractivity contribution in [1.29, 1.82) is 0 Å². The Morgan fingerprint density at radius 3 is 2.67 bits per heavy atom. The molecule has 0 heterocycles. The predicted octanol–water partition coefficient (Wildman–Crippen LogP) is 3.78. The first-order valence-corrected chi connectivity index (χ1v) is 7.60. The van der Waals surface area contributed by atoms with Crippen LogP contribution in [0.2, 0.25) is 0 Å². The first-order chi connectivity index (χ1) is 10.2. The van der Waals surface area contributed by atoms with Crippen LogP contribution >= 0.6 is 0 Å². The molecule has 1 aliphatic carbocycles. The van der Waals surface area contributed by atoms with E-state index in [1.165, 1.54) is 28.7 Å². The van der Waals surface area contributed by atoms with Crippen LogP contribution in [0.5, 0.6) is 5.75 Å². The number of fused-ring (bicyclic) bond motifs is 1. The third-order valence-corrected chi connectivity index (χ3v) is 4.57. The first kappa shape index (κ1) is 14.2. The van der Waals surface area contributed by atoms with Gasteiger partial charge in [0.05, 0.1) is 7.11 Å². The Morgan fingerprint density at radius 2 is 1.90 bits per heavy atom. The topological polar surface area (TPSA) is 12.5 Å². The predicted molar refractivity (Wildman–Crippen MR) is 87.9 cm³/mol. The third kappa shape index (κ3) is 2.81. The van der Waals surface area contributed by atoms with Crippen LogP contribution in [-0.2, 0) is 12.8 Å². The van der Waals surface area contributed by atoms with Gasteiger partial charge in [0.1, 0.15) is 5.75 Å². The van der Waals surface area contributed by atoms with Crippen molar-refractivity contribution in [2.24, 2.45) is 0 Å². The molecule has 0 N–H and O–H groups in total. The average molecular weight is 281 g/mol. The molecule has 2 aromatic rings. The molecule has 0 aliphatic heterocycles. The van der Waals surface area contributed by atoms with Gasteiger partial charge in [0.25, 0.3) is 0 Å². The molecule has 3 rings (SSSR count). The van der Waals surface area contributed by atoms with Crippen LogP contribution in [0.15, 0.2) is 42.5 Å². The summed E-state index contributed by atoms with van der Waals surface area (Å²) in [4.78, 5) is 2.35. The van der Waals surface area contributed by atoms with E-state index in [-0.39, 0.29) is 0 Å². The highest BCUT2D eigenvalue weighted by atomic mass is 16.5. The smallest absolute Gasteiger partial charge is 0.119 e. The zero-order chi connectivity index (χ0) is 14.8. The first-order valence-electron chi connectivity index (χ1n) is 7.60. The van der Waals surface area contributed by atoms with Crippen molar-refractivity contribution in [3.63, 3.8) is 0 Å². The van der Waals surface area contributed by atoms with Gasteiger partial charge in [-0.2, -0.15) is 0 Å². The fourth-order valence-corrected chi connectivity index (χ4v) is 3.29. The molecule has 2 nitrogen and oxygen atoms in total. The second kappa shape index (κ2) is 5.90. The lowest BCUT2D eigenvalue weighted by atomic mass is 9.83. The van der Waals surface area contributed by atoms with E-state index in [0.29, 0.717) is 6.04 Å². The minimum absolute atomic E-state index is 0.665. The molecule has 2 heteroatoms. The standard InChI is InChI=1S/C19H23NO/c1-20(2)16-10-11-19-14(12-16)7-5-9-18(19)15-6-4-8-17(13-15)21-3/h4-9,13,16H,10-12H2,1-3H3. The zero-order valence-corrected chi connectivity index (χ0v) is 13.1. The van der Waals surface area contributed by atoms with Gasteiger partial charge in [-0.25, -0.2) is 0 Å². The summed E-state index contributed by atoms with van der Waals surface area (Å²) in [5.74, 6) is 0.923. The Morgan fingerprint density at radius 1 is 1.10 bits per heavy atom. The summed E-state index contributed by atoms with van der Waals surface area (Å²) in [6.45, 7) is 0. The van der Waals surface area contributed by atoms with Crippen LogP contribution in [-0.4, -0.2) is 32.1 Å². The van der Waals surface area contributed by atoms with Crippen LogP contribution in [0.1, 0.15) is 17.5 Å². The summed E-state index contributed by atoms with van der Waals surface area (Å²) in [7, 11) is 6.09. The Labute approximate surface area is 127 Å². The van der Waals surface area contributed by atoms with Crippen LogP contribution in [0.4, 0.5) is 0 Å². The van der Waals surface area contributed by atoms with E-state index in [0.717, 1.165) is 18.6 Å². The fraction of sp³-hybridized carbons (Fsp3) is 0.368. The number of benzene rings is 2. The van der Waals surface area contributed by atoms with Gasteiger partial charge in [-0.1, -0.05) is 30.3 Å². The van der Waals surface area contributed by atoms with Crippen molar-refractivity contribution in [2.75, 3.05) is 21.2 Å². The molecule has 0 radical (unpaired) electrons. The van der Waals surface area contributed by atoms with E-state index in [1.54, 1.807) is 7.11 Å². The van der Waals surface area contributed by atoms with Crippen LogP contribution in [0.25, 0.3) is 11.1 Å². The maximum atomic E-state index is 5.36. The van der Waals surface area contributed by atoms with Crippen molar-refractivity contribution in [2.45, 2.75) is 25.3 Å². The van der Waals surface area contributed by atoms with Gasteiger partial charge in [-0.15, -0.1) is 0 Å². The van der Waals surface area contributed by atoms with Crippen LogP contribution in [0.3, 0.4) is 0 Å². The van der Waals surface area contributed by atoms with Crippen LogP contribution < -0.4 is 4.74 Å². The number of rotatable bonds is 3. The largest absolute Gasteiger partial charge is 0.497 e. The van der Waals surface area contributed by atoms with Gasteiger partial charge >= 0.3 is 0 Å². The van der Waals surface area contributed by atoms with Gasteiger partial charge < -0.3 is 9.64 Å². The Kier molecular flexibility index (Phi) is 3.98. The molecular weight excluding hydrogens is 258 g/mol. The highest BCUT2D eigenvalue weighted by molar-refractivity contribution is 5.70. The minimum Gasteiger partial charge on any atom is -0.497 e. The van der Waals surface area contributed by atoms with Gasteiger partial charge in [-0.05, 0) is 67.7 Å². The second-order valence-electron chi connectivity index (χ2n) is 6.04. The quantitative estimate of drug-likeness (QED) is 0.849. The van der Waals surface area contributed by atoms with Crippen molar-refractivity contribution >= 4 is 0 Å². The molecule has 0 saturated heterocycles. The van der Waals surface area contributed by atoms with E-state index in [9.17, 15) is 0 Å². The molecule has 0 fully saturated rings. The van der Waals surface area contributed by atoms with E-state index >= 15 is 0 Å². The highest BCUT2D eigenvalue weighted by Crippen LogP contribution is 2.33. The number of hydrogen-bond acceptors (Lipinski definition) is 2. The fourth-order valence-electron chi connectivity index (χ4n) is 3.29. The van der Waals surface area contributed by atoms with E-state index in [1.807, 2.05) is 6.07 Å². The number of methoxy groups -OCH3 is 1. The van der Waals surface area contributed by atoms with Crippen LogP contribution in [0, 0.1) is 0 Å².